The Hall–Kier alpha value is -3.12. The smallest absolute Gasteiger partial charge is 0.410 e. The Kier molecular flexibility index (Phi) is 10.6. The van der Waals surface area contributed by atoms with Crippen molar-refractivity contribution >= 4 is 17.5 Å². The van der Waals surface area contributed by atoms with Gasteiger partial charge in [-0.3, -0.25) is 13.3 Å². The number of carbonyl (C=O) groups excluding carboxylic acids is 1. The van der Waals surface area contributed by atoms with E-state index in [-0.39, 0.29) is 26.4 Å². The van der Waals surface area contributed by atoms with Crippen LogP contribution in [0.1, 0.15) is 37.5 Å². The topological polar surface area (TPSA) is 92.8 Å². The standard InChI is InChI=1S/C33H39NO8S/c1-33(2,3)40-32(35)34-19-28-30(42-43(36)41-28)31(39-22-26-17-11-6-12-18-26)29(38-21-25-15-9-5-10-16-25)27(34)23-37-20-24-13-7-4-8-14-24/h4-18,27-31H,19-23H2,1-3H3/t27-,28-,29-,30-,31+,43?/m1/s1. The number of rotatable bonds is 10. The highest BCUT2D eigenvalue weighted by Gasteiger charge is 2.54. The minimum Gasteiger partial charge on any atom is -0.444 e. The van der Waals surface area contributed by atoms with Gasteiger partial charge in [0, 0.05) is 0 Å². The highest BCUT2D eigenvalue weighted by molar-refractivity contribution is 7.75. The first-order valence-corrected chi connectivity index (χ1v) is 15.5. The van der Waals surface area contributed by atoms with Gasteiger partial charge in [0.25, 0.3) is 0 Å². The van der Waals surface area contributed by atoms with Crippen molar-refractivity contribution in [2.24, 2.45) is 0 Å². The quantitative estimate of drug-likeness (QED) is 0.304. The maximum atomic E-state index is 13.8. The molecule has 0 aromatic heterocycles. The third-order valence-electron chi connectivity index (χ3n) is 7.16. The molecule has 0 saturated carbocycles. The fourth-order valence-electron chi connectivity index (χ4n) is 5.16. The Bertz CT molecular complexity index is 1320. The number of amides is 1. The summed E-state index contributed by atoms with van der Waals surface area (Å²) in [6, 6.07) is 28.7. The molecule has 3 aromatic rings. The van der Waals surface area contributed by atoms with Gasteiger partial charge < -0.3 is 18.9 Å². The number of likely N-dealkylation sites (tertiary alicyclic amines) is 1. The van der Waals surface area contributed by atoms with E-state index in [2.05, 4.69) is 0 Å². The van der Waals surface area contributed by atoms with E-state index >= 15 is 0 Å². The second kappa shape index (κ2) is 14.6. The van der Waals surface area contributed by atoms with Gasteiger partial charge in [0.2, 0.25) is 0 Å². The lowest BCUT2D eigenvalue weighted by molar-refractivity contribution is -0.145. The van der Waals surface area contributed by atoms with Crippen LogP contribution in [-0.4, -0.2) is 64.4 Å². The van der Waals surface area contributed by atoms with Gasteiger partial charge in [0.1, 0.15) is 30.0 Å². The van der Waals surface area contributed by atoms with E-state index in [1.54, 1.807) is 4.90 Å². The van der Waals surface area contributed by atoms with Crippen molar-refractivity contribution in [3.05, 3.63) is 108 Å². The highest BCUT2D eigenvalue weighted by Crippen LogP contribution is 2.34. The van der Waals surface area contributed by atoms with Gasteiger partial charge in [-0.15, -0.1) is 0 Å². The number of ether oxygens (including phenoxy) is 4. The van der Waals surface area contributed by atoms with Crippen molar-refractivity contribution in [3.8, 4) is 0 Å². The first-order valence-electron chi connectivity index (χ1n) is 14.5. The fourth-order valence-corrected chi connectivity index (χ4v) is 5.99. The van der Waals surface area contributed by atoms with E-state index in [1.807, 2.05) is 112 Å². The maximum absolute atomic E-state index is 13.8. The van der Waals surface area contributed by atoms with Crippen LogP contribution in [0.3, 0.4) is 0 Å². The average Bonchev–Trinajstić information content (AvgIpc) is 3.31. The molecular formula is C33H39NO8S. The van der Waals surface area contributed by atoms with Gasteiger partial charge in [0.15, 0.2) is 0 Å². The van der Waals surface area contributed by atoms with Crippen LogP contribution in [0.5, 0.6) is 0 Å². The van der Waals surface area contributed by atoms with Gasteiger partial charge in [-0.1, -0.05) is 91.0 Å². The summed E-state index contributed by atoms with van der Waals surface area (Å²) in [4.78, 5) is 15.3. The van der Waals surface area contributed by atoms with Crippen molar-refractivity contribution in [2.75, 3.05) is 13.2 Å². The molecule has 2 aliphatic rings. The van der Waals surface area contributed by atoms with E-state index in [4.69, 9.17) is 27.3 Å². The predicted octanol–water partition coefficient (Wildman–Crippen LogP) is 5.36. The van der Waals surface area contributed by atoms with E-state index in [0.717, 1.165) is 16.7 Å². The minimum absolute atomic E-state index is 0.0566. The van der Waals surface area contributed by atoms with Crippen LogP contribution in [0.4, 0.5) is 4.79 Å². The van der Waals surface area contributed by atoms with Crippen molar-refractivity contribution in [2.45, 2.75) is 76.7 Å². The Morgan fingerprint density at radius 2 is 1.30 bits per heavy atom. The first-order chi connectivity index (χ1) is 20.8. The molecule has 230 valence electrons. The van der Waals surface area contributed by atoms with E-state index in [0.29, 0.717) is 6.61 Å². The molecule has 0 N–H and O–H groups in total. The van der Waals surface area contributed by atoms with Gasteiger partial charge in [-0.05, 0) is 37.5 Å². The second-order valence-electron chi connectivity index (χ2n) is 11.6. The van der Waals surface area contributed by atoms with Gasteiger partial charge in [-0.25, -0.2) is 4.79 Å². The van der Waals surface area contributed by atoms with Crippen molar-refractivity contribution in [1.82, 2.24) is 4.90 Å². The lowest BCUT2D eigenvalue weighted by atomic mass is 10.00. The van der Waals surface area contributed by atoms with Crippen LogP contribution in [0.15, 0.2) is 91.0 Å². The van der Waals surface area contributed by atoms with Crippen LogP contribution in [-0.2, 0) is 58.5 Å². The Balaban J connectivity index is 1.50. The molecule has 2 fully saturated rings. The van der Waals surface area contributed by atoms with E-state index in [9.17, 15) is 9.00 Å². The minimum atomic E-state index is -2.01. The number of hydrogen-bond donors (Lipinski definition) is 0. The maximum Gasteiger partial charge on any atom is 0.410 e. The molecule has 10 heteroatoms. The van der Waals surface area contributed by atoms with Crippen LogP contribution < -0.4 is 0 Å². The normalized spacial score (nSPS) is 25.6. The summed E-state index contributed by atoms with van der Waals surface area (Å²) in [5.41, 5.74) is 2.14. The molecule has 9 nitrogen and oxygen atoms in total. The summed E-state index contributed by atoms with van der Waals surface area (Å²) in [7, 11) is 0. The Labute approximate surface area is 255 Å². The van der Waals surface area contributed by atoms with E-state index in [1.165, 1.54) is 0 Å². The zero-order chi connectivity index (χ0) is 30.2. The van der Waals surface area contributed by atoms with Crippen molar-refractivity contribution < 1.29 is 36.3 Å². The number of fused-ring (bicyclic) bond motifs is 1. The lowest BCUT2D eigenvalue weighted by Gasteiger charge is -2.38. The number of nitrogens with zero attached hydrogens (tertiary/aromatic N) is 1. The van der Waals surface area contributed by atoms with Gasteiger partial charge in [-0.2, -0.15) is 4.21 Å². The summed E-state index contributed by atoms with van der Waals surface area (Å²) in [5, 5.41) is 0. The van der Waals surface area contributed by atoms with E-state index < -0.39 is 53.5 Å². The molecule has 2 saturated heterocycles. The molecule has 0 bridgehead atoms. The van der Waals surface area contributed by atoms with Gasteiger partial charge in [0.05, 0.1) is 39.0 Å². The second-order valence-corrected chi connectivity index (χ2v) is 12.4. The number of carbonyl (C=O) groups is 1. The summed E-state index contributed by atoms with van der Waals surface area (Å²) in [5.74, 6) is 0. The SMILES string of the molecule is CC(C)(C)OC(=O)N1C[C@H]2OS(=O)O[C@H]2[C@@H](OCc2ccccc2)[C@H](OCc2ccccc2)[C@H]1COCc1ccccc1. The summed E-state index contributed by atoms with van der Waals surface area (Å²) in [6.07, 6.45) is -3.57. The molecular weight excluding hydrogens is 570 g/mol. The number of benzene rings is 3. The van der Waals surface area contributed by atoms with Crippen molar-refractivity contribution in [1.29, 1.82) is 0 Å². The summed E-state index contributed by atoms with van der Waals surface area (Å²) >= 11 is -2.01. The third-order valence-corrected chi connectivity index (χ3v) is 7.94. The molecule has 6 atom stereocenters. The van der Waals surface area contributed by atoms with Crippen LogP contribution in [0.2, 0.25) is 0 Å². The molecule has 0 spiro atoms. The highest BCUT2D eigenvalue weighted by atomic mass is 32.2. The summed E-state index contributed by atoms with van der Waals surface area (Å²) < 4.78 is 49.3. The zero-order valence-corrected chi connectivity index (χ0v) is 25.5. The predicted molar refractivity (Wildman–Crippen MR) is 161 cm³/mol. The number of hydrogen-bond acceptors (Lipinski definition) is 8. The molecule has 43 heavy (non-hydrogen) atoms. The molecule has 5 rings (SSSR count). The zero-order valence-electron chi connectivity index (χ0n) is 24.7. The molecule has 0 aliphatic carbocycles. The average molecular weight is 610 g/mol. The van der Waals surface area contributed by atoms with Crippen LogP contribution >= 0.6 is 0 Å². The first kappa shape index (κ1) is 31.3. The lowest BCUT2D eigenvalue weighted by Crippen LogP contribution is -2.55. The molecule has 2 aliphatic heterocycles. The molecule has 3 aromatic carbocycles. The van der Waals surface area contributed by atoms with Crippen molar-refractivity contribution in [3.63, 3.8) is 0 Å². The largest absolute Gasteiger partial charge is 0.444 e. The molecule has 2 heterocycles. The molecule has 1 amide bonds. The molecule has 0 radical (unpaired) electrons. The Morgan fingerprint density at radius 3 is 1.84 bits per heavy atom. The third kappa shape index (κ3) is 8.72. The summed E-state index contributed by atoms with van der Waals surface area (Å²) in [6.45, 7) is 6.45. The monoisotopic (exact) mass is 609 g/mol. The Morgan fingerprint density at radius 1 is 0.791 bits per heavy atom. The molecule has 1 unspecified atom stereocenters. The van der Waals surface area contributed by atoms with Gasteiger partial charge >= 0.3 is 17.5 Å². The van der Waals surface area contributed by atoms with Crippen LogP contribution in [0, 0.1) is 0 Å². The fraction of sp³-hybridized carbons (Fsp3) is 0.424. The van der Waals surface area contributed by atoms with Crippen LogP contribution in [0.25, 0.3) is 0 Å².